The van der Waals surface area contributed by atoms with E-state index in [0.29, 0.717) is 21.9 Å². The number of rotatable bonds is 6. The van der Waals surface area contributed by atoms with Gasteiger partial charge in [0.15, 0.2) is 6.61 Å². The topological polar surface area (TPSA) is 101 Å². The first-order chi connectivity index (χ1) is 14.4. The van der Waals surface area contributed by atoms with Crippen LogP contribution < -0.4 is 10.1 Å². The number of benzene rings is 2. The third-order valence-corrected chi connectivity index (χ3v) is 5.56. The van der Waals surface area contributed by atoms with Crippen molar-refractivity contribution in [2.75, 3.05) is 11.9 Å². The summed E-state index contributed by atoms with van der Waals surface area (Å²) in [6.45, 7) is 3.80. The van der Waals surface area contributed by atoms with E-state index in [-0.39, 0.29) is 36.0 Å². The van der Waals surface area contributed by atoms with Gasteiger partial charge in [-0.25, -0.2) is 0 Å². The van der Waals surface area contributed by atoms with Crippen LogP contribution in [-0.2, 0) is 11.3 Å². The summed E-state index contributed by atoms with van der Waals surface area (Å²) >= 11 is 1.10. The predicted molar refractivity (Wildman–Crippen MR) is 111 cm³/mol. The zero-order valence-electron chi connectivity index (χ0n) is 16.3. The van der Waals surface area contributed by atoms with Crippen molar-refractivity contribution in [3.63, 3.8) is 0 Å². The molecule has 0 aliphatic carbocycles. The molecule has 2 heterocycles. The van der Waals surface area contributed by atoms with Crippen molar-refractivity contribution in [2.24, 2.45) is 0 Å². The van der Waals surface area contributed by atoms with Crippen LogP contribution >= 0.6 is 11.3 Å². The van der Waals surface area contributed by atoms with Gasteiger partial charge in [0.05, 0.1) is 17.7 Å². The van der Waals surface area contributed by atoms with Crippen molar-refractivity contribution in [1.82, 2.24) is 15.1 Å². The van der Waals surface area contributed by atoms with Crippen LogP contribution in [-0.4, -0.2) is 39.4 Å². The van der Waals surface area contributed by atoms with Crippen LogP contribution in [0.25, 0.3) is 0 Å². The second-order valence-corrected chi connectivity index (χ2v) is 7.89. The number of carbonyl (C=O) groups is 3. The number of fused-ring (bicyclic) bond motifs is 1. The number of ether oxygens (including phenoxy) is 1. The van der Waals surface area contributed by atoms with Gasteiger partial charge >= 0.3 is 0 Å². The van der Waals surface area contributed by atoms with Gasteiger partial charge in [0.2, 0.25) is 5.13 Å². The number of amides is 3. The third-order valence-electron chi connectivity index (χ3n) is 4.73. The maximum absolute atomic E-state index is 12.4. The molecule has 1 aliphatic rings. The fourth-order valence-corrected chi connectivity index (χ4v) is 3.74. The number of carbonyl (C=O) groups excluding carboxylic acids is 3. The van der Waals surface area contributed by atoms with Crippen molar-refractivity contribution < 1.29 is 19.1 Å². The van der Waals surface area contributed by atoms with E-state index < -0.39 is 0 Å². The Morgan fingerprint density at radius 3 is 2.40 bits per heavy atom. The minimum Gasteiger partial charge on any atom is -0.484 e. The number of nitrogens with one attached hydrogen (secondary N) is 1. The van der Waals surface area contributed by atoms with Gasteiger partial charge in [-0.05, 0) is 49.2 Å². The summed E-state index contributed by atoms with van der Waals surface area (Å²) in [5, 5.41) is 11.2. The summed E-state index contributed by atoms with van der Waals surface area (Å²) in [7, 11) is 0. The molecule has 0 atom stereocenters. The zero-order chi connectivity index (χ0) is 21.3. The molecule has 9 heteroatoms. The molecule has 3 aromatic rings. The number of aromatic nitrogens is 2. The highest BCUT2D eigenvalue weighted by atomic mass is 32.1. The summed E-state index contributed by atoms with van der Waals surface area (Å²) in [6.07, 6.45) is 0. The first kappa shape index (κ1) is 19.7. The first-order valence-corrected chi connectivity index (χ1v) is 10.0. The highest BCUT2D eigenvalue weighted by Gasteiger charge is 2.35. The fourth-order valence-electron chi connectivity index (χ4n) is 2.99. The van der Waals surface area contributed by atoms with Crippen molar-refractivity contribution in [2.45, 2.75) is 20.4 Å². The van der Waals surface area contributed by atoms with Crippen LogP contribution in [0.3, 0.4) is 0 Å². The van der Waals surface area contributed by atoms with Gasteiger partial charge in [0.1, 0.15) is 10.8 Å². The van der Waals surface area contributed by atoms with Gasteiger partial charge < -0.3 is 4.74 Å². The van der Waals surface area contributed by atoms with Gasteiger partial charge in [0, 0.05) is 0 Å². The summed E-state index contributed by atoms with van der Waals surface area (Å²) < 4.78 is 5.50. The molecule has 0 saturated heterocycles. The van der Waals surface area contributed by atoms with Crippen molar-refractivity contribution in [1.29, 1.82) is 0 Å². The van der Waals surface area contributed by atoms with Crippen molar-refractivity contribution in [3.8, 4) is 5.75 Å². The molecule has 152 valence electrons. The summed E-state index contributed by atoms with van der Waals surface area (Å²) in [4.78, 5) is 38.1. The average Bonchev–Trinajstić information content (AvgIpc) is 3.27. The molecule has 30 heavy (non-hydrogen) atoms. The van der Waals surface area contributed by atoms with Gasteiger partial charge in [-0.3, -0.25) is 24.6 Å². The maximum atomic E-state index is 12.4. The molecular formula is C21H18N4O4S. The number of imide groups is 1. The summed E-state index contributed by atoms with van der Waals surface area (Å²) in [6, 6.07) is 12.3. The Hall–Kier alpha value is -3.59. The molecule has 3 amide bonds. The lowest BCUT2D eigenvalue weighted by Crippen LogP contribution is -2.29. The monoisotopic (exact) mass is 422 g/mol. The third kappa shape index (κ3) is 3.92. The lowest BCUT2D eigenvalue weighted by Gasteiger charge is -2.10. The molecule has 1 aromatic heterocycles. The molecule has 0 spiro atoms. The van der Waals surface area contributed by atoms with Crippen LogP contribution in [0.15, 0.2) is 42.5 Å². The van der Waals surface area contributed by atoms with Crippen LogP contribution in [0.2, 0.25) is 0 Å². The summed E-state index contributed by atoms with van der Waals surface area (Å²) in [5.74, 6) is -0.496. The smallest absolute Gasteiger partial charge is 0.264 e. The van der Waals surface area contributed by atoms with Crippen molar-refractivity contribution >= 4 is 34.2 Å². The Morgan fingerprint density at radius 1 is 1.03 bits per heavy atom. The molecule has 0 radical (unpaired) electrons. The van der Waals surface area contributed by atoms with Gasteiger partial charge in [-0.2, -0.15) is 0 Å². The number of hydrogen-bond acceptors (Lipinski definition) is 7. The normalized spacial score (nSPS) is 12.8. The maximum Gasteiger partial charge on any atom is 0.264 e. The van der Waals surface area contributed by atoms with Gasteiger partial charge in [-0.15, -0.1) is 10.2 Å². The van der Waals surface area contributed by atoms with Crippen LogP contribution in [0.1, 0.15) is 36.9 Å². The van der Waals surface area contributed by atoms with Crippen molar-refractivity contribution in [3.05, 3.63) is 69.7 Å². The zero-order valence-corrected chi connectivity index (χ0v) is 17.2. The number of nitrogens with zero attached hydrogens (tertiary/aromatic N) is 3. The second kappa shape index (κ2) is 8.03. The van der Waals surface area contributed by atoms with Crippen LogP contribution in [0.4, 0.5) is 5.13 Å². The highest BCUT2D eigenvalue weighted by Crippen LogP contribution is 2.26. The van der Waals surface area contributed by atoms with Gasteiger partial charge in [0.25, 0.3) is 17.7 Å². The average molecular weight is 422 g/mol. The highest BCUT2D eigenvalue weighted by molar-refractivity contribution is 7.15. The molecule has 1 N–H and O–H groups in total. The van der Waals surface area contributed by atoms with E-state index in [1.54, 1.807) is 30.3 Å². The summed E-state index contributed by atoms with van der Waals surface area (Å²) in [5.41, 5.74) is 2.98. The number of anilines is 1. The molecule has 1 aliphatic heterocycles. The predicted octanol–water partition coefficient (Wildman–Crippen LogP) is 2.97. The Morgan fingerprint density at radius 2 is 1.73 bits per heavy atom. The van der Waals surface area contributed by atoms with E-state index in [9.17, 15) is 14.4 Å². The Kier molecular flexibility index (Phi) is 5.28. The number of aryl methyl sites for hydroxylation is 2. The minimum absolute atomic E-state index is 0.000965. The molecular weight excluding hydrogens is 404 g/mol. The Labute approximate surface area is 176 Å². The lowest BCUT2D eigenvalue weighted by atomic mass is 10.1. The Balaban J connectivity index is 1.34. The SMILES string of the molecule is Cc1ccc(OCC(=O)Nc2nnc(CN3C(=O)c4ccccc4C3=O)s2)cc1C. The second-order valence-electron chi connectivity index (χ2n) is 6.83. The minimum atomic E-state index is -0.378. The van der Waals surface area contributed by atoms with E-state index in [1.807, 2.05) is 26.0 Å². The molecule has 0 saturated carbocycles. The molecule has 0 bridgehead atoms. The molecule has 4 rings (SSSR count). The standard InChI is InChI=1S/C21H18N4O4S/c1-12-7-8-14(9-13(12)2)29-11-17(26)22-21-24-23-18(30-21)10-25-19(27)15-5-3-4-6-16(15)20(25)28/h3-9H,10-11H2,1-2H3,(H,22,24,26). The molecule has 0 unspecified atom stereocenters. The van der Waals surface area contributed by atoms with Crippen LogP contribution in [0, 0.1) is 13.8 Å². The van der Waals surface area contributed by atoms with Gasteiger partial charge in [-0.1, -0.05) is 29.5 Å². The first-order valence-electron chi connectivity index (χ1n) is 9.20. The van der Waals surface area contributed by atoms with E-state index in [2.05, 4.69) is 15.5 Å². The Bertz CT molecular complexity index is 1120. The lowest BCUT2D eigenvalue weighted by molar-refractivity contribution is -0.118. The largest absolute Gasteiger partial charge is 0.484 e. The molecule has 2 aromatic carbocycles. The van der Waals surface area contributed by atoms with E-state index in [4.69, 9.17) is 4.74 Å². The fraction of sp³-hybridized carbons (Fsp3) is 0.190. The quantitative estimate of drug-likeness (QED) is 0.613. The molecule has 8 nitrogen and oxygen atoms in total. The van der Waals surface area contributed by atoms with E-state index in [1.165, 1.54) is 0 Å². The van der Waals surface area contributed by atoms with E-state index in [0.717, 1.165) is 27.4 Å². The van der Waals surface area contributed by atoms with E-state index >= 15 is 0 Å². The molecule has 0 fully saturated rings. The number of hydrogen-bond donors (Lipinski definition) is 1. The van der Waals surface area contributed by atoms with Crippen LogP contribution in [0.5, 0.6) is 5.75 Å².